The van der Waals surface area contributed by atoms with Crippen LogP contribution in [0.25, 0.3) is 22.2 Å². The number of fused-ring (bicyclic) bond motifs is 2. The summed E-state index contributed by atoms with van der Waals surface area (Å²) in [5.74, 6) is -10.8. The number of esters is 1. The molecule has 0 radical (unpaired) electrons. The number of hydrogen-bond acceptors (Lipinski definition) is 16. The molecule has 0 spiro atoms. The molecule has 12 rings (SSSR count). The van der Waals surface area contributed by atoms with Crippen molar-refractivity contribution in [3.8, 4) is 17.2 Å². The number of alkyl halides is 6. The lowest BCUT2D eigenvalue weighted by atomic mass is 9.91. The lowest BCUT2D eigenvalue weighted by Crippen LogP contribution is -2.40. The fourth-order valence-electron chi connectivity index (χ4n) is 10.6. The third-order valence-electron chi connectivity index (χ3n) is 15.6. The van der Waals surface area contributed by atoms with Crippen LogP contribution in [0.1, 0.15) is 133 Å². The molecule has 0 bridgehead atoms. The number of aliphatic imine (C=N–C) groups is 2. The van der Waals surface area contributed by atoms with E-state index < -0.39 is 84.8 Å². The summed E-state index contributed by atoms with van der Waals surface area (Å²) in [5, 5.41) is 0. The first-order valence-corrected chi connectivity index (χ1v) is 32.8. The molecule has 4 heterocycles. The van der Waals surface area contributed by atoms with Crippen molar-refractivity contribution in [2.75, 3.05) is 32.8 Å². The molecular weight excluding hydrogens is 1390 g/mol. The molecule has 1 unspecified atom stereocenters. The summed E-state index contributed by atoms with van der Waals surface area (Å²) in [6, 6.07) is 60.1. The number of nitrogens with one attached hydrogen (secondary N) is 2. The van der Waals surface area contributed by atoms with Crippen molar-refractivity contribution in [2.24, 2.45) is 15.7 Å². The van der Waals surface area contributed by atoms with Gasteiger partial charge in [0.25, 0.3) is 23.7 Å². The number of amides is 1. The first kappa shape index (κ1) is 80.9. The predicted octanol–water partition coefficient (Wildman–Crippen LogP) is 16.0. The van der Waals surface area contributed by atoms with Gasteiger partial charge in [0.1, 0.15) is 48.4 Å². The van der Waals surface area contributed by atoms with Gasteiger partial charge in [-0.1, -0.05) is 115 Å². The molecule has 1 amide bonds. The maximum atomic E-state index is 14.3. The van der Waals surface area contributed by atoms with E-state index >= 15 is 0 Å². The number of para-hydroxylation sites is 2. The minimum atomic E-state index is -3.10. The van der Waals surface area contributed by atoms with Crippen LogP contribution in [-0.4, -0.2) is 107 Å². The number of ketones is 2. The normalized spacial score (nSPS) is 14.1. The average molecular weight is 1470 g/mol. The molecule has 26 heteroatoms. The molecule has 0 saturated carbocycles. The van der Waals surface area contributed by atoms with Crippen molar-refractivity contribution in [1.29, 1.82) is 0 Å². The predicted molar refractivity (Wildman–Crippen MR) is 389 cm³/mol. The molecule has 0 saturated heterocycles. The largest absolute Gasteiger partial charge is 0.486 e. The van der Waals surface area contributed by atoms with E-state index in [-0.39, 0.29) is 55.0 Å². The molecule has 8 aromatic carbocycles. The summed E-state index contributed by atoms with van der Waals surface area (Å²) < 4.78 is 109. The second-order valence-electron chi connectivity index (χ2n) is 24.3. The summed E-state index contributed by atoms with van der Waals surface area (Å²) in [6.07, 6.45) is 1.39. The number of H-pyrrole nitrogens is 2. The molecule has 2 aliphatic rings. The molecule has 10 aromatic rings. The first-order chi connectivity index (χ1) is 49.5. The summed E-state index contributed by atoms with van der Waals surface area (Å²) in [5.41, 5.74) is 13.0. The number of aldehydes is 1. The Balaban J connectivity index is 0.000000201. The van der Waals surface area contributed by atoms with E-state index in [4.69, 9.17) is 23.0 Å². The average Bonchev–Trinajstić information content (AvgIpc) is 1.57. The summed E-state index contributed by atoms with van der Waals surface area (Å²) in [7, 11) is 0. The summed E-state index contributed by atoms with van der Waals surface area (Å²) in [4.78, 5) is 96.1. The maximum Gasteiger partial charge on any atom is 0.417 e. The number of oxazole rings is 2. The van der Waals surface area contributed by atoms with Crippen LogP contribution in [0.5, 0.6) is 17.2 Å². The Morgan fingerprint density at radius 3 is 1.50 bits per heavy atom. The zero-order chi connectivity index (χ0) is 75.3. The van der Waals surface area contributed by atoms with Crippen LogP contribution in [0.2, 0.25) is 0 Å². The molecule has 105 heavy (non-hydrogen) atoms. The van der Waals surface area contributed by atoms with E-state index in [2.05, 4.69) is 30.4 Å². The number of benzene rings is 8. The van der Waals surface area contributed by atoms with Crippen LogP contribution in [0, 0.1) is 0 Å². The van der Waals surface area contributed by atoms with Gasteiger partial charge in [-0.05, 0) is 140 Å². The molecular formula is C79H77ClF6N6O13. The highest BCUT2D eigenvalue weighted by Crippen LogP contribution is 2.45. The van der Waals surface area contributed by atoms with E-state index in [1.165, 1.54) is 23.2 Å². The van der Waals surface area contributed by atoms with Gasteiger partial charge in [-0.25, -0.2) is 40.7 Å². The Hall–Kier alpha value is -11.4. The zero-order valence-corrected chi connectivity index (χ0v) is 59.0. The Morgan fingerprint density at radius 2 is 1.06 bits per heavy atom. The molecule has 4 atom stereocenters. The second-order valence-corrected chi connectivity index (χ2v) is 24.3. The van der Waals surface area contributed by atoms with E-state index in [1.54, 1.807) is 79.7 Å². The number of nitrogens with two attached hydrogens (primary N) is 1. The number of aromatic amines is 2. The van der Waals surface area contributed by atoms with Crippen LogP contribution in [-0.2, 0) is 19.1 Å². The third-order valence-corrected chi connectivity index (χ3v) is 15.6. The van der Waals surface area contributed by atoms with Crippen LogP contribution in [0.15, 0.2) is 240 Å². The van der Waals surface area contributed by atoms with E-state index in [9.17, 15) is 59.9 Å². The van der Waals surface area contributed by atoms with Gasteiger partial charge in [0.05, 0.1) is 61.0 Å². The van der Waals surface area contributed by atoms with Crippen LogP contribution in [0.3, 0.4) is 0 Å². The smallest absolute Gasteiger partial charge is 0.417 e. The number of Topliss-reactive ketones (excluding diaryl/α,β-unsaturated/α-hetero) is 2. The van der Waals surface area contributed by atoms with Gasteiger partial charge in [0.2, 0.25) is 5.78 Å². The molecule has 550 valence electrons. The van der Waals surface area contributed by atoms with Gasteiger partial charge < -0.3 is 38.4 Å². The highest BCUT2D eigenvalue weighted by molar-refractivity contribution is 6.38. The Morgan fingerprint density at radius 1 is 0.610 bits per heavy atom. The van der Waals surface area contributed by atoms with Crippen molar-refractivity contribution in [2.45, 2.75) is 97.0 Å². The minimum Gasteiger partial charge on any atom is -0.486 e. The molecule has 0 fully saturated rings. The number of carbonyl (C=O) groups is 5. The van der Waals surface area contributed by atoms with Gasteiger partial charge in [-0.2, -0.15) is 0 Å². The molecule has 19 nitrogen and oxygen atoms in total. The maximum absolute atomic E-state index is 14.3. The van der Waals surface area contributed by atoms with E-state index in [1.807, 2.05) is 136 Å². The number of hydrogen-bond donors (Lipinski definition) is 3. The zero-order valence-electron chi connectivity index (χ0n) is 58.2. The highest BCUT2D eigenvalue weighted by atomic mass is 35.5. The monoisotopic (exact) mass is 1470 g/mol. The Kier molecular flexibility index (Phi) is 28.6. The lowest BCUT2D eigenvalue weighted by Gasteiger charge is -2.30. The van der Waals surface area contributed by atoms with Crippen molar-refractivity contribution in [3.63, 3.8) is 0 Å². The molecule has 2 aromatic heterocycles. The fourth-order valence-corrected chi connectivity index (χ4v) is 10.6. The molecule has 0 aliphatic carbocycles. The summed E-state index contributed by atoms with van der Waals surface area (Å²) in [6.45, 7) is 8.23. The fraction of sp³-hybridized carbons (Fsp3) is 0.253. The minimum absolute atomic E-state index is 0. The first-order valence-electron chi connectivity index (χ1n) is 32.8. The van der Waals surface area contributed by atoms with Gasteiger partial charge in [-0.15, -0.1) is 12.4 Å². The number of halogens is 7. The standard InChI is InChI=1S/C30H25F2N3O4.C18H19F2NO.C15H14O2.C13H11NO6.C3H7F2N.ClH/c1-17(18-7-4-3-5-8-18)38-20-13-11-19(12-14-20)26-24-22(28(36)35(26)16-30(2,31)32)15-33-25(24)21-9-6-10-23-27(21)39-29(37)34-23;1-14(16-6-4-3-5-7-16)22-17-10-8-15(9-11-17)12-21-13-18(2,19)20;1-12(14-5-3-2-4-6-14)17-15-9-7-13(11-16)8-10-15;1-2-19-12(17)10(16)6-9(15)7-4-3-5-8-11(7)20-13(18)14-8;1-3(4,5)2-6;/h3-14,17,26H,15-16H2,1-2H3,(H,34,37);3-12,14H,13H2,1-2H3;2-12H,1H3;3-5H,2,6H2,1H3,(H,14,18);2,6H2,1H3;1H/t17-,26?;14-;12-;;;/m111.../s1. The van der Waals surface area contributed by atoms with Gasteiger partial charge >= 0.3 is 17.5 Å². The number of nitrogens with zero attached hydrogens (tertiary/aromatic N) is 3. The van der Waals surface area contributed by atoms with E-state index in [0.29, 0.717) is 55.9 Å². The van der Waals surface area contributed by atoms with Crippen LogP contribution >= 0.6 is 12.4 Å². The van der Waals surface area contributed by atoms with Crippen molar-refractivity contribution in [1.82, 2.24) is 14.9 Å². The SMILES string of the molecule is CC(F)(F)CN.CCOC(=O)C(=O)CC(=O)c1cccc2[nH]c(=O)oc12.C[C@@H](Oc1ccc(C2C3=C(CN=C3c3cccc4[nH]c(=O)oc34)C(=O)N2CC(C)(F)F)cc1)c1ccccc1.C[C@@H](Oc1ccc(C=NCC(C)(F)F)cc1)c1ccccc1.C[C@@H](Oc1ccc(C=O)cc1)c1ccccc1.Cl. The van der Waals surface area contributed by atoms with Gasteiger partial charge in [0, 0.05) is 49.3 Å². The van der Waals surface area contributed by atoms with Crippen molar-refractivity contribution in [3.05, 3.63) is 277 Å². The number of aromatic nitrogens is 2. The third kappa shape index (κ3) is 23.5. The Labute approximate surface area is 606 Å². The number of carbonyl (C=O) groups excluding carboxylic acids is 5. The topological polar surface area (TPSA) is 268 Å². The molecule has 2 aliphatic heterocycles. The second kappa shape index (κ2) is 37.1. The van der Waals surface area contributed by atoms with Crippen LogP contribution in [0.4, 0.5) is 26.3 Å². The van der Waals surface area contributed by atoms with Crippen molar-refractivity contribution < 1.29 is 78.1 Å². The van der Waals surface area contributed by atoms with E-state index in [0.717, 1.165) is 60.8 Å². The highest BCUT2D eigenvalue weighted by Gasteiger charge is 2.47. The number of rotatable bonds is 23. The lowest BCUT2D eigenvalue weighted by molar-refractivity contribution is -0.153. The van der Waals surface area contributed by atoms with Crippen molar-refractivity contribution >= 4 is 76.3 Å². The number of ether oxygens (including phenoxy) is 4. The Bertz CT molecular complexity index is 4760. The molecule has 4 N–H and O–H groups in total. The van der Waals surface area contributed by atoms with Crippen LogP contribution < -0.4 is 31.5 Å². The van der Waals surface area contributed by atoms with Gasteiger partial charge in [-0.3, -0.25) is 39.1 Å². The van der Waals surface area contributed by atoms with Gasteiger partial charge in [0.15, 0.2) is 16.9 Å². The summed E-state index contributed by atoms with van der Waals surface area (Å²) >= 11 is 0. The quantitative estimate of drug-likeness (QED) is 0.0102.